The normalized spacial score (nSPS) is 25.0. The molecule has 0 spiro atoms. The second-order valence-electron chi connectivity index (χ2n) is 7.03. The van der Waals surface area contributed by atoms with Gasteiger partial charge < -0.3 is 5.32 Å². The average molecular weight is 308 g/mol. The third kappa shape index (κ3) is 4.19. The van der Waals surface area contributed by atoms with Crippen molar-refractivity contribution in [2.45, 2.75) is 77.3 Å². The molecule has 0 bridgehead atoms. The van der Waals surface area contributed by atoms with E-state index in [0.717, 1.165) is 23.1 Å². The number of thioether (sulfide) groups is 1. The Kier molecular flexibility index (Phi) is 5.31. The number of aryl methyl sites for hydroxylation is 2. The molecule has 2 atom stereocenters. The summed E-state index contributed by atoms with van der Waals surface area (Å²) in [5.41, 5.74) is 3.87. The first-order valence-corrected chi connectivity index (χ1v) is 8.92. The van der Waals surface area contributed by atoms with Gasteiger partial charge in [0.25, 0.3) is 0 Å². The first-order valence-electron chi connectivity index (χ1n) is 8.04. The second kappa shape index (κ2) is 6.66. The van der Waals surface area contributed by atoms with Crippen LogP contribution in [0.3, 0.4) is 0 Å². The van der Waals surface area contributed by atoms with Crippen molar-refractivity contribution in [3.8, 4) is 0 Å². The summed E-state index contributed by atoms with van der Waals surface area (Å²) in [6.45, 7) is 14.3. The molecule has 2 rings (SSSR count). The van der Waals surface area contributed by atoms with Gasteiger partial charge in [-0.3, -0.25) is 0 Å². The van der Waals surface area contributed by atoms with Crippen LogP contribution in [0.5, 0.6) is 0 Å². The van der Waals surface area contributed by atoms with Gasteiger partial charge in [0.15, 0.2) is 5.16 Å². The van der Waals surface area contributed by atoms with E-state index >= 15 is 0 Å². The molecule has 1 aromatic heterocycles. The van der Waals surface area contributed by atoms with Gasteiger partial charge in [-0.25, -0.2) is 9.97 Å². The van der Waals surface area contributed by atoms with E-state index in [1.807, 2.05) is 11.8 Å². The lowest BCUT2D eigenvalue weighted by atomic mass is 9.75. The highest BCUT2D eigenvalue weighted by Crippen LogP contribution is 2.42. The van der Waals surface area contributed by atoms with Crippen LogP contribution in [0, 0.1) is 26.2 Å². The van der Waals surface area contributed by atoms with Gasteiger partial charge >= 0.3 is 0 Å². The van der Waals surface area contributed by atoms with E-state index in [1.54, 1.807) is 0 Å². The van der Waals surface area contributed by atoms with Crippen LogP contribution < -0.4 is 5.32 Å². The fourth-order valence-electron chi connectivity index (χ4n) is 3.07. The van der Waals surface area contributed by atoms with Gasteiger partial charge in [-0.15, -0.1) is 0 Å². The SMILES string of the molecule is CCNC1CCC(C)(C)CC1Sc1nc(C)c(C)c(C)n1. The van der Waals surface area contributed by atoms with Crippen molar-refractivity contribution >= 4 is 11.8 Å². The third-order valence-corrected chi connectivity index (χ3v) is 5.86. The van der Waals surface area contributed by atoms with E-state index in [2.05, 4.69) is 46.9 Å². The quantitative estimate of drug-likeness (QED) is 0.852. The number of nitrogens with one attached hydrogen (secondary N) is 1. The predicted molar refractivity (Wildman–Crippen MR) is 91.0 cm³/mol. The maximum atomic E-state index is 4.69. The summed E-state index contributed by atoms with van der Waals surface area (Å²) in [4.78, 5) is 9.39. The third-order valence-electron chi connectivity index (χ3n) is 4.67. The molecule has 1 aliphatic rings. The molecule has 0 aliphatic heterocycles. The van der Waals surface area contributed by atoms with Crippen LogP contribution in [0.4, 0.5) is 0 Å². The molecule has 118 valence electrons. The van der Waals surface area contributed by atoms with Crippen LogP contribution in [0.15, 0.2) is 5.16 Å². The average Bonchev–Trinajstić information content (AvgIpc) is 2.39. The highest BCUT2D eigenvalue weighted by molar-refractivity contribution is 7.99. The Bertz CT molecular complexity index is 476. The molecule has 0 amide bonds. The van der Waals surface area contributed by atoms with Crippen molar-refractivity contribution in [2.75, 3.05) is 6.54 Å². The van der Waals surface area contributed by atoms with Crippen LogP contribution in [0.1, 0.15) is 57.0 Å². The molecular formula is C17H29N3S. The Hall–Kier alpha value is -0.610. The van der Waals surface area contributed by atoms with E-state index in [-0.39, 0.29) is 0 Å². The van der Waals surface area contributed by atoms with Gasteiger partial charge in [0.1, 0.15) is 0 Å². The van der Waals surface area contributed by atoms with Crippen molar-refractivity contribution in [2.24, 2.45) is 5.41 Å². The van der Waals surface area contributed by atoms with E-state index in [0.29, 0.717) is 16.7 Å². The summed E-state index contributed by atoms with van der Waals surface area (Å²) in [5, 5.41) is 5.17. The summed E-state index contributed by atoms with van der Waals surface area (Å²) in [6, 6.07) is 0.582. The lowest BCUT2D eigenvalue weighted by Gasteiger charge is -2.40. The maximum Gasteiger partial charge on any atom is 0.188 e. The molecule has 1 heterocycles. The molecule has 4 heteroatoms. The molecule has 21 heavy (non-hydrogen) atoms. The van der Waals surface area contributed by atoms with Crippen molar-refractivity contribution in [3.05, 3.63) is 17.0 Å². The molecule has 1 fully saturated rings. The number of hydrogen-bond acceptors (Lipinski definition) is 4. The van der Waals surface area contributed by atoms with Gasteiger partial charge in [-0.2, -0.15) is 0 Å². The summed E-state index contributed by atoms with van der Waals surface area (Å²) in [5.74, 6) is 0. The summed E-state index contributed by atoms with van der Waals surface area (Å²) < 4.78 is 0. The molecule has 2 unspecified atom stereocenters. The van der Waals surface area contributed by atoms with Crippen LogP contribution in [0.2, 0.25) is 0 Å². The molecular weight excluding hydrogens is 278 g/mol. The number of hydrogen-bond donors (Lipinski definition) is 1. The second-order valence-corrected chi connectivity index (χ2v) is 8.24. The van der Waals surface area contributed by atoms with Crippen LogP contribution in [-0.4, -0.2) is 27.8 Å². The predicted octanol–water partition coefficient (Wildman–Crippen LogP) is 4.05. The summed E-state index contributed by atoms with van der Waals surface area (Å²) in [6.07, 6.45) is 3.78. The Morgan fingerprint density at radius 1 is 1.19 bits per heavy atom. The minimum atomic E-state index is 0.429. The fraction of sp³-hybridized carbons (Fsp3) is 0.765. The molecule has 1 N–H and O–H groups in total. The van der Waals surface area contributed by atoms with E-state index in [1.165, 1.54) is 24.8 Å². The molecule has 3 nitrogen and oxygen atoms in total. The lowest BCUT2D eigenvalue weighted by molar-refractivity contribution is 0.215. The van der Waals surface area contributed by atoms with Crippen LogP contribution in [-0.2, 0) is 0 Å². The molecule has 0 saturated heterocycles. The Morgan fingerprint density at radius 2 is 1.81 bits per heavy atom. The summed E-state index contributed by atoms with van der Waals surface area (Å²) in [7, 11) is 0. The first-order chi connectivity index (χ1) is 9.82. The molecule has 0 radical (unpaired) electrons. The van der Waals surface area contributed by atoms with E-state index in [9.17, 15) is 0 Å². The Balaban J connectivity index is 2.17. The Labute approximate surface area is 133 Å². The fourth-order valence-corrected chi connectivity index (χ4v) is 4.65. The highest BCUT2D eigenvalue weighted by Gasteiger charge is 2.35. The molecule has 1 aliphatic carbocycles. The van der Waals surface area contributed by atoms with Crippen molar-refractivity contribution in [3.63, 3.8) is 0 Å². The van der Waals surface area contributed by atoms with Gasteiger partial charge in [0.2, 0.25) is 0 Å². The standard InChI is InChI=1S/C17H29N3S/c1-7-18-14-8-9-17(5,6)10-15(14)21-16-19-12(3)11(2)13(4)20-16/h14-15,18H,7-10H2,1-6H3. The minimum absolute atomic E-state index is 0.429. The number of rotatable bonds is 4. The maximum absolute atomic E-state index is 4.69. The molecule has 1 saturated carbocycles. The summed E-state index contributed by atoms with van der Waals surface area (Å²) >= 11 is 1.87. The highest BCUT2D eigenvalue weighted by atomic mass is 32.2. The van der Waals surface area contributed by atoms with Crippen molar-refractivity contribution < 1.29 is 0 Å². The zero-order chi connectivity index (χ0) is 15.6. The van der Waals surface area contributed by atoms with Crippen molar-refractivity contribution in [1.82, 2.24) is 15.3 Å². The monoisotopic (exact) mass is 307 g/mol. The molecule has 0 aromatic carbocycles. The first kappa shape index (κ1) is 16.8. The Morgan fingerprint density at radius 3 is 2.38 bits per heavy atom. The topological polar surface area (TPSA) is 37.8 Å². The minimum Gasteiger partial charge on any atom is -0.313 e. The van der Waals surface area contributed by atoms with Gasteiger partial charge in [-0.1, -0.05) is 32.5 Å². The van der Waals surface area contributed by atoms with E-state index < -0.39 is 0 Å². The van der Waals surface area contributed by atoms with Crippen LogP contribution in [0.25, 0.3) is 0 Å². The smallest absolute Gasteiger partial charge is 0.188 e. The van der Waals surface area contributed by atoms with Gasteiger partial charge in [0.05, 0.1) is 0 Å². The molecule has 1 aromatic rings. The van der Waals surface area contributed by atoms with Gasteiger partial charge in [-0.05, 0) is 57.6 Å². The number of aromatic nitrogens is 2. The zero-order valence-corrected chi connectivity index (χ0v) is 15.1. The largest absolute Gasteiger partial charge is 0.313 e. The van der Waals surface area contributed by atoms with E-state index in [4.69, 9.17) is 9.97 Å². The van der Waals surface area contributed by atoms with Crippen LogP contribution >= 0.6 is 11.8 Å². The van der Waals surface area contributed by atoms with Gasteiger partial charge in [0, 0.05) is 22.7 Å². The number of nitrogens with zero attached hydrogens (tertiary/aromatic N) is 2. The zero-order valence-electron chi connectivity index (χ0n) is 14.3. The lowest BCUT2D eigenvalue weighted by Crippen LogP contribution is -2.44. The van der Waals surface area contributed by atoms with Crippen molar-refractivity contribution in [1.29, 1.82) is 0 Å².